The highest BCUT2D eigenvalue weighted by molar-refractivity contribution is 5.76. The summed E-state index contributed by atoms with van der Waals surface area (Å²) in [6.07, 6.45) is 0.322. The van der Waals surface area contributed by atoms with E-state index in [0.717, 1.165) is 0 Å². The molecule has 0 aromatic heterocycles. The van der Waals surface area contributed by atoms with Crippen molar-refractivity contribution in [1.82, 2.24) is 4.90 Å². The summed E-state index contributed by atoms with van der Waals surface area (Å²) in [5, 5.41) is 17.2. The summed E-state index contributed by atoms with van der Waals surface area (Å²) in [4.78, 5) is 22.4. The van der Waals surface area contributed by atoms with Crippen LogP contribution in [0, 0.1) is 0 Å². The molecule has 1 heterocycles. The first-order valence-corrected chi connectivity index (χ1v) is 3.95. The van der Waals surface area contributed by atoms with Gasteiger partial charge in [-0.05, 0) is 6.42 Å². The lowest BCUT2D eigenvalue weighted by Crippen LogP contribution is -2.39. The lowest BCUT2D eigenvalue weighted by molar-refractivity contribution is -0.144. The number of hydrogen-bond acceptors (Lipinski definition) is 4. The minimum atomic E-state index is -1.03. The van der Waals surface area contributed by atoms with Crippen LogP contribution in [0.3, 0.4) is 0 Å². The summed E-state index contributed by atoms with van der Waals surface area (Å²) >= 11 is 0. The summed E-state index contributed by atoms with van der Waals surface area (Å²) in [5.41, 5.74) is 5.53. The Bertz CT molecular complexity index is 231. The average molecular weight is 188 g/mol. The highest BCUT2D eigenvalue weighted by Crippen LogP contribution is 2.15. The molecule has 1 fully saturated rings. The number of rotatable bonds is 3. The second-order valence-corrected chi connectivity index (χ2v) is 3.17. The second kappa shape index (κ2) is 3.71. The number of nitrogens with two attached hydrogens (primary N) is 1. The van der Waals surface area contributed by atoms with Gasteiger partial charge in [0.15, 0.2) is 0 Å². The van der Waals surface area contributed by atoms with Crippen molar-refractivity contribution in [3.8, 4) is 0 Å². The molecule has 1 rings (SSSR count). The first-order valence-electron chi connectivity index (χ1n) is 3.95. The zero-order chi connectivity index (χ0) is 10.0. The van der Waals surface area contributed by atoms with Gasteiger partial charge in [0, 0.05) is 12.6 Å². The van der Waals surface area contributed by atoms with Gasteiger partial charge in [0.05, 0.1) is 6.54 Å². The zero-order valence-corrected chi connectivity index (χ0v) is 7.01. The molecule has 13 heavy (non-hydrogen) atoms. The molecule has 4 N–H and O–H groups in total. The Morgan fingerprint density at radius 3 is 2.54 bits per heavy atom. The SMILES string of the molecule is N[C@H]1C[C@H](C(=O)O)N(CC(=O)O)C1. The average Bonchev–Trinajstić information content (AvgIpc) is 2.29. The van der Waals surface area contributed by atoms with Crippen molar-refractivity contribution < 1.29 is 19.8 Å². The lowest BCUT2D eigenvalue weighted by Gasteiger charge is -2.17. The lowest BCUT2D eigenvalue weighted by atomic mass is 10.2. The summed E-state index contributed by atoms with van der Waals surface area (Å²) in [5.74, 6) is -2.03. The van der Waals surface area contributed by atoms with E-state index in [1.165, 1.54) is 4.90 Å². The predicted octanol–water partition coefficient (Wildman–Crippen LogP) is -1.44. The van der Waals surface area contributed by atoms with Gasteiger partial charge in [0.1, 0.15) is 6.04 Å². The molecular formula is C7H12N2O4. The van der Waals surface area contributed by atoms with Crippen LogP contribution in [0.5, 0.6) is 0 Å². The molecule has 0 aromatic rings. The Labute approximate surface area is 74.9 Å². The molecule has 0 spiro atoms. The molecule has 2 atom stereocenters. The number of carbonyl (C=O) groups is 2. The van der Waals surface area contributed by atoms with Crippen LogP contribution in [-0.2, 0) is 9.59 Å². The van der Waals surface area contributed by atoms with Gasteiger partial charge in [-0.2, -0.15) is 0 Å². The summed E-state index contributed by atoms with van der Waals surface area (Å²) in [7, 11) is 0. The highest BCUT2D eigenvalue weighted by atomic mass is 16.4. The third kappa shape index (κ3) is 2.40. The largest absolute Gasteiger partial charge is 0.480 e. The maximum absolute atomic E-state index is 10.6. The summed E-state index contributed by atoms with van der Waals surface area (Å²) in [6.45, 7) is 0.0773. The van der Waals surface area contributed by atoms with E-state index >= 15 is 0 Å². The summed E-state index contributed by atoms with van der Waals surface area (Å²) < 4.78 is 0. The number of carboxylic acid groups (broad SMARTS) is 2. The molecule has 0 unspecified atom stereocenters. The maximum atomic E-state index is 10.6. The molecule has 6 heteroatoms. The normalized spacial score (nSPS) is 29.0. The number of nitrogens with zero attached hydrogens (tertiary/aromatic N) is 1. The molecule has 0 aliphatic carbocycles. The fourth-order valence-electron chi connectivity index (χ4n) is 1.54. The Morgan fingerprint density at radius 1 is 1.46 bits per heavy atom. The van der Waals surface area contributed by atoms with Crippen LogP contribution in [0.1, 0.15) is 6.42 Å². The van der Waals surface area contributed by atoms with E-state index in [-0.39, 0.29) is 12.6 Å². The van der Waals surface area contributed by atoms with Crippen molar-refractivity contribution in [2.24, 2.45) is 5.73 Å². The molecule has 1 saturated heterocycles. The molecule has 74 valence electrons. The molecule has 0 saturated carbocycles. The van der Waals surface area contributed by atoms with E-state index in [1.54, 1.807) is 0 Å². The van der Waals surface area contributed by atoms with Crippen LogP contribution < -0.4 is 5.73 Å². The third-order valence-corrected chi connectivity index (χ3v) is 2.06. The topological polar surface area (TPSA) is 104 Å². The predicted molar refractivity (Wildman–Crippen MR) is 43.2 cm³/mol. The Morgan fingerprint density at radius 2 is 2.08 bits per heavy atom. The van der Waals surface area contributed by atoms with E-state index in [1.807, 2.05) is 0 Å². The van der Waals surface area contributed by atoms with Crippen LogP contribution in [0.25, 0.3) is 0 Å². The minimum absolute atomic E-state index is 0.236. The number of likely N-dealkylation sites (tertiary alicyclic amines) is 1. The van der Waals surface area contributed by atoms with Crippen molar-refractivity contribution >= 4 is 11.9 Å². The van der Waals surface area contributed by atoms with Crippen LogP contribution in [0.2, 0.25) is 0 Å². The van der Waals surface area contributed by atoms with E-state index in [9.17, 15) is 9.59 Å². The number of aliphatic carboxylic acids is 2. The van der Waals surface area contributed by atoms with Gasteiger partial charge in [-0.1, -0.05) is 0 Å². The van der Waals surface area contributed by atoms with Crippen molar-refractivity contribution in [2.75, 3.05) is 13.1 Å². The first-order chi connectivity index (χ1) is 6.00. The monoisotopic (exact) mass is 188 g/mol. The van der Waals surface area contributed by atoms with E-state index in [2.05, 4.69) is 0 Å². The van der Waals surface area contributed by atoms with Crippen LogP contribution in [-0.4, -0.2) is 52.2 Å². The standard InChI is InChI=1S/C7H12N2O4/c8-4-1-5(7(12)13)9(2-4)3-6(10)11/h4-5H,1-3,8H2,(H,10,11)(H,12,13)/t4-,5+/m0/s1. The summed E-state index contributed by atoms with van der Waals surface area (Å²) in [6, 6.07) is -0.980. The van der Waals surface area contributed by atoms with Gasteiger partial charge >= 0.3 is 11.9 Å². The van der Waals surface area contributed by atoms with E-state index in [0.29, 0.717) is 13.0 Å². The molecule has 0 radical (unpaired) electrons. The van der Waals surface area contributed by atoms with E-state index < -0.39 is 18.0 Å². The number of hydrogen-bond donors (Lipinski definition) is 3. The van der Waals surface area contributed by atoms with Gasteiger partial charge in [0.25, 0.3) is 0 Å². The zero-order valence-electron chi connectivity index (χ0n) is 7.01. The Kier molecular flexibility index (Phi) is 2.84. The third-order valence-electron chi connectivity index (χ3n) is 2.06. The molecule has 1 aliphatic rings. The molecule has 6 nitrogen and oxygen atoms in total. The van der Waals surface area contributed by atoms with Crippen molar-refractivity contribution in [2.45, 2.75) is 18.5 Å². The fourth-order valence-corrected chi connectivity index (χ4v) is 1.54. The minimum Gasteiger partial charge on any atom is -0.480 e. The van der Waals surface area contributed by atoms with Crippen molar-refractivity contribution in [3.05, 3.63) is 0 Å². The molecule has 0 amide bonds. The van der Waals surface area contributed by atoms with Crippen molar-refractivity contribution in [3.63, 3.8) is 0 Å². The van der Waals surface area contributed by atoms with Gasteiger partial charge in [0.2, 0.25) is 0 Å². The Balaban J connectivity index is 2.60. The van der Waals surface area contributed by atoms with Crippen LogP contribution >= 0.6 is 0 Å². The van der Waals surface area contributed by atoms with E-state index in [4.69, 9.17) is 15.9 Å². The van der Waals surface area contributed by atoms with Gasteiger partial charge in [-0.3, -0.25) is 14.5 Å². The van der Waals surface area contributed by atoms with Crippen LogP contribution in [0.15, 0.2) is 0 Å². The van der Waals surface area contributed by atoms with Gasteiger partial charge < -0.3 is 15.9 Å². The van der Waals surface area contributed by atoms with Crippen molar-refractivity contribution in [1.29, 1.82) is 0 Å². The maximum Gasteiger partial charge on any atom is 0.320 e. The highest BCUT2D eigenvalue weighted by Gasteiger charge is 2.35. The molecular weight excluding hydrogens is 176 g/mol. The van der Waals surface area contributed by atoms with Gasteiger partial charge in [-0.25, -0.2) is 0 Å². The Hall–Kier alpha value is -1.14. The quantitative estimate of drug-likeness (QED) is 0.501. The number of carboxylic acids is 2. The van der Waals surface area contributed by atoms with Gasteiger partial charge in [-0.15, -0.1) is 0 Å². The first kappa shape index (κ1) is 9.94. The fraction of sp³-hybridized carbons (Fsp3) is 0.714. The molecule has 1 aliphatic heterocycles. The smallest absolute Gasteiger partial charge is 0.320 e. The molecule has 0 aromatic carbocycles. The second-order valence-electron chi connectivity index (χ2n) is 3.17. The van der Waals surface area contributed by atoms with Crippen LogP contribution in [0.4, 0.5) is 0 Å². The molecule has 0 bridgehead atoms.